The van der Waals surface area contributed by atoms with Crippen LogP contribution >= 0.6 is 11.6 Å². The van der Waals surface area contributed by atoms with E-state index in [0.29, 0.717) is 29.5 Å². The molecule has 2 N–H and O–H groups in total. The number of halogens is 1. The molecule has 0 aromatic carbocycles. The minimum atomic E-state index is -0.385. The van der Waals surface area contributed by atoms with Crippen molar-refractivity contribution in [2.24, 2.45) is 5.92 Å². The Morgan fingerprint density at radius 3 is 3.05 bits per heavy atom. The Morgan fingerprint density at radius 2 is 2.42 bits per heavy atom. The van der Waals surface area contributed by atoms with Crippen LogP contribution in [-0.4, -0.2) is 40.2 Å². The summed E-state index contributed by atoms with van der Waals surface area (Å²) < 4.78 is 0. The number of carbonyl (C=O) groups is 1. The minimum Gasteiger partial charge on any atom is -0.393 e. The molecule has 0 radical (unpaired) electrons. The maximum atomic E-state index is 12.1. The summed E-state index contributed by atoms with van der Waals surface area (Å²) in [5.74, 6) is 0.153. The highest BCUT2D eigenvalue weighted by Gasteiger charge is 2.29. The van der Waals surface area contributed by atoms with Crippen molar-refractivity contribution < 1.29 is 9.90 Å². The predicted molar refractivity (Wildman–Crippen MR) is 74.4 cm³/mol. The lowest BCUT2D eigenvalue weighted by atomic mass is 10.0. The van der Waals surface area contributed by atoms with Gasteiger partial charge in [0, 0.05) is 25.2 Å². The fourth-order valence-corrected chi connectivity index (χ4v) is 2.36. The number of aromatic nitrogens is 1. The van der Waals surface area contributed by atoms with Crippen molar-refractivity contribution in [3.8, 4) is 0 Å². The van der Waals surface area contributed by atoms with Crippen molar-refractivity contribution in [3.63, 3.8) is 0 Å². The van der Waals surface area contributed by atoms with Crippen molar-refractivity contribution >= 4 is 23.3 Å². The molecular formula is C13H18ClN3O2. The lowest BCUT2D eigenvalue weighted by molar-refractivity contribution is 0.130. The van der Waals surface area contributed by atoms with Crippen LogP contribution in [0.1, 0.15) is 19.0 Å². The summed E-state index contributed by atoms with van der Waals surface area (Å²) in [4.78, 5) is 17.8. The monoisotopic (exact) mass is 283 g/mol. The number of carbonyl (C=O) groups excluding carboxylic acids is 1. The first kappa shape index (κ1) is 14.1. The molecule has 104 valence electrons. The molecule has 1 saturated heterocycles. The average Bonchev–Trinajstić information content (AvgIpc) is 2.84. The van der Waals surface area contributed by atoms with E-state index in [1.165, 1.54) is 0 Å². The van der Waals surface area contributed by atoms with Gasteiger partial charge in [-0.25, -0.2) is 4.79 Å². The zero-order chi connectivity index (χ0) is 14.0. The van der Waals surface area contributed by atoms with Gasteiger partial charge in [-0.15, -0.1) is 0 Å². The zero-order valence-corrected chi connectivity index (χ0v) is 11.8. The number of likely N-dealkylation sites (tertiary alicyclic amines) is 1. The maximum absolute atomic E-state index is 12.1. The number of nitrogens with zero attached hydrogens (tertiary/aromatic N) is 2. The zero-order valence-electron chi connectivity index (χ0n) is 11.1. The highest BCUT2D eigenvalue weighted by molar-refractivity contribution is 6.34. The van der Waals surface area contributed by atoms with Gasteiger partial charge < -0.3 is 15.3 Å². The summed E-state index contributed by atoms with van der Waals surface area (Å²) in [6.07, 6.45) is 2.05. The molecule has 19 heavy (non-hydrogen) atoms. The largest absolute Gasteiger partial charge is 0.393 e. The molecule has 1 aliphatic heterocycles. The molecule has 1 aromatic heterocycles. The van der Waals surface area contributed by atoms with Crippen molar-refractivity contribution in [3.05, 3.63) is 23.0 Å². The summed E-state index contributed by atoms with van der Waals surface area (Å²) >= 11 is 6.09. The third kappa shape index (κ3) is 3.16. The molecule has 0 saturated carbocycles. The number of aryl methyl sites for hydroxylation is 1. The van der Waals surface area contributed by atoms with Gasteiger partial charge in [0.1, 0.15) is 0 Å². The normalized spacial score (nSPS) is 20.4. The second-order valence-corrected chi connectivity index (χ2v) is 5.30. The molecule has 5 nitrogen and oxygen atoms in total. The van der Waals surface area contributed by atoms with E-state index in [9.17, 15) is 9.90 Å². The first-order valence-corrected chi connectivity index (χ1v) is 6.72. The molecule has 1 aliphatic rings. The fraction of sp³-hybridized carbons (Fsp3) is 0.538. The first-order chi connectivity index (χ1) is 8.99. The first-order valence-electron chi connectivity index (χ1n) is 6.34. The predicted octanol–water partition coefficient (Wildman–Crippen LogP) is 2.28. The van der Waals surface area contributed by atoms with Crippen LogP contribution in [0.4, 0.5) is 10.5 Å². The minimum absolute atomic E-state index is 0.153. The molecule has 2 atom stereocenters. The smallest absolute Gasteiger partial charge is 0.321 e. The molecule has 2 amide bonds. The topological polar surface area (TPSA) is 65.5 Å². The van der Waals surface area contributed by atoms with Gasteiger partial charge in [0.05, 0.1) is 22.5 Å². The van der Waals surface area contributed by atoms with E-state index in [0.717, 1.165) is 6.42 Å². The summed E-state index contributed by atoms with van der Waals surface area (Å²) in [6, 6.07) is 1.49. The SMILES string of the molecule is Cc1nccc(NC(=O)N2CC[C@H]([C@@H](C)O)C2)c1Cl. The standard InChI is InChI=1S/C13H18ClN3O2/c1-8-12(14)11(3-5-15-8)16-13(19)17-6-4-10(7-17)9(2)18/h3,5,9-10,18H,4,6-7H2,1-2H3,(H,15,16,19)/t9-,10+/m1/s1. The second kappa shape index (κ2) is 5.75. The van der Waals surface area contributed by atoms with Crippen LogP contribution in [0.5, 0.6) is 0 Å². The van der Waals surface area contributed by atoms with E-state index in [2.05, 4.69) is 10.3 Å². The lowest BCUT2D eigenvalue weighted by Crippen LogP contribution is -2.34. The molecular weight excluding hydrogens is 266 g/mol. The number of amides is 2. The van der Waals surface area contributed by atoms with Gasteiger partial charge >= 0.3 is 6.03 Å². The Hall–Kier alpha value is -1.33. The Bertz CT molecular complexity index is 479. The summed E-state index contributed by atoms with van der Waals surface area (Å²) in [7, 11) is 0. The van der Waals surface area contributed by atoms with Gasteiger partial charge in [-0.1, -0.05) is 11.6 Å². The Kier molecular flexibility index (Phi) is 4.27. The van der Waals surface area contributed by atoms with Crippen molar-refractivity contribution in [2.75, 3.05) is 18.4 Å². The third-order valence-electron chi connectivity index (χ3n) is 3.50. The number of aliphatic hydroxyl groups is 1. The third-order valence-corrected chi connectivity index (χ3v) is 3.98. The fourth-order valence-electron chi connectivity index (χ4n) is 2.20. The van der Waals surface area contributed by atoms with Gasteiger partial charge in [0.2, 0.25) is 0 Å². The van der Waals surface area contributed by atoms with Crippen molar-refractivity contribution in [1.82, 2.24) is 9.88 Å². The number of hydrogen-bond donors (Lipinski definition) is 2. The van der Waals surface area contributed by atoms with E-state index in [1.54, 1.807) is 31.0 Å². The van der Waals surface area contributed by atoms with Crippen molar-refractivity contribution in [2.45, 2.75) is 26.4 Å². The molecule has 1 fully saturated rings. The van der Waals surface area contributed by atoms with Crippen LogP contribution in [0.25, 0.3) is 0 Å². The average molecular weight is 284 g/mol. The van der Waals surface area contributed by atoms with E-state index in [4.69, 9.17) is 11.6 Å². The van der Waals surface area contributed by atoms with Crippen LogP contribution in [0.3, 0.4) is 0 Å². The maximum Gasteiger partial charge on any atom is 0.321 e. The molecule has 0 bridgehead atoms. The Balaban J connectivity index is 2.00. The van der Waals surface area contributed by atoms with E-state index in [1.807, 2.05) is 0 Å². The van der Waals surface area contributed by atoms with Crippen LogP contribution < -0.4 is 5.32 Å². The number of rotatable bonds is 2. The van der Waals surface area contributed by atoms with E-state index < -0.39 is 0 Å². The van der Waals surface area contributed by atoms with Crippen LogP contribution in [0.2, 0.25) is 5.02 Å². The van der Waals surface area contributed by atoms with Gasteiger partial charge in [-0.2, -0.15) is 0 Å². The lowest BCUT2D eigenvalue weighted by Gasteiger charge is -2.19. The second-order valence-electron chi connectivity index (χ2n) is 4.92. The van der Waals surface area contributed by atoms with Gasteiger partial charge in [0.15, 0.2) is 0 Å². The van der Waals surface area contributed by atoms with Gasteiger partial charge in [-0.05, 0) is 26.3 Å². The van der Waals surface area contributed by atoms with Crippen LogP contribution in [0, 0.1) is 12.8 Å². The van der Waals surface area contributed by atoms with Crippen molar-refractivity contribution in [1.29, 1.82) is 0 Å². The Morgan fingerprint density at radius 1 is 1.68 bits per heavy atom. The van der Waals surface area contributed by atoms with Crippen LogP contribution in [0.15, 0.2) is 12.3 Å². The van der Waals surface area contributed by atoms with Crippen LogP contribution in [-0.2, 0) is 0 Å². The molecule has 1 aromatic rings. The summed E-state index contributed by atoms with van der Waals surface area (Å²) in [5, 5.41) is 12.8. The number of anilines is 1. The quantitative estimate of drug-likeness (QED) is 0.875. The van der Waals surface area contributed by atoms with E-state index in [-0.39, 0.29) is 18.1 Å². The number of hydrogen-bond acceptors (Lipinski definition) is 3. The summed E-state index contributed by atoms with van der Waals surface area (Å²) in [6.45, 7) is 4.78. The Labute approximate surface area is 117 Å². The number of urea groups is 1. The number of pyridine rings is 1. The number of nitrogens with one attached hydrogen (secondary N) is 1. The molecule has 0 unspecified atom stereocenters. The summed E-state index contributed by atoms with van der Waals surface area (Å²) in [5.41, 5.74) is 1.25. The molecule has 0 spiro atoms. The number of aliphatic hydroxyl groups excluding tert-OH is 1. The molecule has 0 aliphatic carbocycles. The van der Waals surface area contributed by atoms with E-state index >= 15 is 0 Å². The molecule has 2 rings (SSSR count). The van der Waals surface area contributed by atoms with Gasteiger partial charge in [0.25, 0.3) is 0 Å². The van der Waals surface area contributed by atoms with Gasteiger partial charge in [-0.3, -0.25) is 4.98 Å². The molecule has 6 heteroatoms. The highest BCUT2D eigenvalue weighted by atomic mass is 35.5. The molecule has 2 heterocycles. The highest BCUT2D eigenvalue weighted by Crippen LogP contribution is 2.25.